The number of carbonyl (C=O) groups is 1. The van der Waals surface area contributed by atoms with E-state index in [1.807, 2.05) is 5.06 Å². The van der Waals surface area contributed by atoms with Crippen LogP contribution in [0.25, 0.3) is 10.3 Å². The van der Waals surface area contributed by atoms with Gasteiger partial charge in [-0.1, -0.05) is 0 Å². The number of hydrogen-bond acceptors (Lipinski definition) is 10. The Hall–Kier alpha value is -3.18. The molecule has 0 radical (unpaired) electrons. The van der Waals surface area contributed by atoms with Crippen molar-refractivity contribution in [1.29, 1.82) is 0 Å². The predicted molar refractivity (Wildman–Crippen MR) is 114 cm³/mol. The summed E-state index contributed by atoms with van der Waals surface area (Å²) in [5.74, 6) is 1.72. The lowest BCUT2D eigenvalue weighted by molar-refractivity contribution is -0.137. The van der Waals surface area contributed by atoms with Crippen LogP contribution in [-0.2, 0) is 4.84 Å². The number of rotatable bonds is 4. The van der Waals surface area contributed by atoms with Crippen LogP contribution in [-0.4, -0.2) is 58.4 Å². The van der Waals surface area contributed by atoms with Crippen molar-refractivity contribution in [3.63, 3.8) is 0 Å². The number of methoxy groups -OCH3 is 1. The summed E-state index contributed by atoms with van der Waals surface area (Å²) in [4.78, 5) is 34.1. The van der Waals surface area contributed by atoms with Crippen molar-refractivity contribution in [3.05, 3.63) is 29.8 Å². The van der Waals surface area contributed by atoms with Gasteiger partial charge in [0, 0.05) is 18.8 Å². The van der Waals surface area contributed by atoms with E-state index in [0.29, 0.717) is 18.8 Å². The first-order valence-corrected chi connectivity index (χ1v) is 10.5. The molecule has 3 N–H and O–H groups in total. The van der Waals surface area contributed by atoms with Crippen LogP contribution in [0.4, 0.5) is 22.2 Å². The van der Waals surface area contributed by atoms with Crippen molar-refractivity contribution in [2.24, 2.45) is 0 Å². The van der Waals surface area contributed by atoms with Gasteiger partial charge in [-0.05, 0) is 37.1 Å². The molecule has 2 aliphatic rings. The topological polar surface area (TPSA) is 119 Å². The normalized spacial score (nSPS) is 21.0. The Balaban J connectivity index is 1.27. The second kappa shape index (κ2) is 7.58. The molecule has 30 heavy (non-hydrogen) atoms. The third kappa shape index (κ3) is 3.46. The number of ether oxygens (including phenoxy) is 1. The van der Waals surface area contributed by atoms with Gasteiger partial charge in [-0.2, -0.15) is 4.98 Å². The van der Waals surface area contributed by atoms with Gasteiger partial charge in [-0.15, -0.1) is 16.4 Å². The molecule has 10 nitrogen and oxygen atoms in total. The number of nitrogens with one attached hydrogen (secondary N) is 1. The molecule has 2 aromatic heterocycles. The highest BCUT2D eigenvalue weighted by molar-refractivity contribution is 7.16. The van der Waals surface area contributed by atoms with Crippen molar-refractivity contribution in [2.75, 3.05) is 36.1 Å². The van der Waals surface area contributed by atoms with E-state index >= 15 is 0 Å². The third-order valence-corrected chi connectivity index (χ3v) is 6.16. The second-order valence-corrected chi connectivity index (χ2v) is 8.13. The Labute approximate surface area is 176 Å². The van der Waals surface area contributed by atoms with Crippen LogP contribution in [0.3, 0.4) is 0 Å². The van der Waals surface area contributed by atoms with Gasteiger partial charge >= 0.3 is 6.09 Å². The molecular formula is C19H21N7O3S. The van der Waals surface area contributed by atoms with Crippen LogP contribution in [0.15, 0.2) is 29.8 Å². The molecule has 3 aromatic rings. The van der Waals surface area contributed by atoms with Crippen molar-refractivity contribution in [2.45, 2.75) is 24.9 Å². The molecule has 1 aromatic carbocycles. The first kappa shape index (κ1) is 18.8. The quantitative estimate of drug-likeness (QED) is 0.647. The van der Waals surface area contributed by atoms with Gasteiger partial charge < -0.3 is 20.2 Å². The number of nitrogens with two attached hydrogens (primary N) is 1. The predicted octanol–water partition coefficient (Wildman–Crippen LogP) is 2.49. The fraction of sp³-hybridized carbons (Fsp3) is 0.368. The number of hydrogen-bond donors (Lipinski definition) is 2. The highest BCUT2D eigenvalue weighted by Crippen LogP contribution is 2.35. The zero-order chi connectivity index (χ0) is 20.7. The summed E-state index contributed by atoms with van der Waals surface area (Å²) >= 11 is 1.44. The van der Waals surface area contributed by atoms with Crippen LogP contribution >= 0.6 is 11.3 Å². The molecule has 2 aliphatic heterocycles. The van der Waals surface area contributed by atoms with E-state index in [2.05, 4.69) is 25.2 Å². The third-order valence-electron chi connectivity index (χ3n) is 5.44. The molecular weight excluding hydrogens is 406 g/mol. The average Bonchev–Trinajstić information content (AvgIpc) is 3.28. The molecule has 2 saturated heterocycles. The van der Waals surface area contributed by atoms with Gasteiger partial charge in [-0.25, -0.2) is 14.8 Å². The number of hydroxylamine groups is 2. The number of nitrogen functional groups attached to an aromatic ring is 1. The van der Waals surface area contributed by atoms with E-state index in [4.69, 9.17) is 15.3 Å². The van der Waals surface area contributed by atoms with Crippen LogP contribution in [0.2, 0.25) is 0 Å². The summed E-state index contributed by atoms with van der Waals surface area (Å²) in [5.41, 5.74) is 9.06. The Morgan fingerprint density at radius 1 is 1.20 bits per heavy atom. The fourth-order valence-corrected chi connectivity index (χ4v) is 4.74. The molecule has 2 atom stereocenters. The lowest BCUT2D eigenvalue weighted by Crippen LogP contribution is -2.54. The number of carbonyl (C=O) groups excluding carboxylic acids is 1. The molecule has 2 fully saturated rings. The smallest absolute Gasteiger partial charge is 0.430 e. The summed E-state index contributed by atoms with van der Waals surface area (Å²) in [6, 6.07) is 7.26. The number of piperazine rings is 1. The van der Waals surface area contributed by atoms with Gasteiger partial charge in [0.05, 0.1) is 24.7 Å². The SMILES string of the molecule is COc1ccc(NC(=O)ON2[C@@H]3CC[C@H]2CN(c2nc(N)nc4scnc24)C3)cc1. The largest absolute Gasteiger partial charge is 0.497 e. The van der Waals surface area contributed by atoms with E-state index in [-0.39, 0.29) is 18.0 Å². The van der Waals surface area contributed by atoms with Crippen molar-refractivity contribution >= 4 is 45.2 Å². The minimum absolute atomic E-state index is 0.0789. The molecule has 0 aliphatic carbocycles. The Morgan fingerprint density at radius 2 is 1.93 bits per heavy atom. The lowest BCUT2D eigenvalue weighted by Gasteiger charge is -2.39. The highest BCUT2D eigenvalue weighted by Gasteiger charge is 2.43. The number of amides is 1. The number of benzene rings is 1. The van der Waals surface area contributed by atoms with E-state index in [1.165, 1.54) is 11.3 Å². The molecule has 156 valence electrons. The monoisotopic (exact) mass is 427 g/mol. The number of anilines is 3. The standard InChI is InChI=1S/C19H21N7O3S/c1-28-14-6-2-11(3-7-14)22-19(27)29-26-12-4-5-13(26)9-25(8-12)16-15-17(30-10-21-15)24-18(20)23-16/h2-3,6-7,10,12-13H,4-5,8-9H2,1H3,(H,22,27)(H2,20,23,24)/t12-,13+. The zero-order valence-corrected chi connectivity index (χ0v) is 17.1. The molecule has 0 saturated carbocycles. The van der Waals surface area contributed by atoms with E-state index in [1.54, 1.807) is 36.9 Å². The van der Waals surface area contributed by atoms with Gasteiger partial charge in [0.15, 0.2) is 10.6 Å². The van der Waals surface area contributed by atoms with Gasteiger partial charge in [-0.3, -0.25) is 5.32 Å². The number of aromatic nitrogens is 3. The van der Waals surface area contributed by atoms with Crippen molar-refractivity contribution < 1.29 is 14.4 Å². The van der Waals surface area contributed by atoms with Gasteiger partial charge in [0.2, 0.25) is 5.95 Å². The van der Waals surface area contributed by atoms with Crippen LogP contribution in [0.1, 0.15) is 12.8 Å². The second-order valence-electron chi connectivity index (χ2n) is 7.29. The molecule has 0 spiro atoms. The number of fused-ring (bicyclic) bond motifs is 3. The first-order valence-electron chi connectivity index (χ1n) is 9.63. The molecule has 2 bridgehead atoms. The molecule has 4 heterocycles. The molecule has 11 heteroatoms. The minimum atomic E-state index is -0.501. The lowest BCUT2D eigenvalue weighted by atomic mass is 10.2. The summed E-state index contributed by atoms with van der Waals surface area (Å²) in [5, 5.41) is 4.58. The maximum Gasteiger partial charge on any atom is 0.430 e. The highest BCUT2D eigenvalue weighted by atomic mass is 32.1. The van der Waals surface area contributed by atoms with Crippen LogP contribution in [0, 0.1) is 0 Å². The van der Waals surface area contributed by atoms with Crippen LogP contribution < -0.4 is 20.7 Å². The summed E-state index contributed by atoms with van der Waals surface area (Å²) in [6.07, 6.45) is 1.38. The Kier molecular flexibility index (Phi) is 4.75. The fourth-order valence-electron chi connectivity index (χ4n) is 4.08. The van der Waals surface area contributed by atoms with Crippen molar-refractivity contribution in [3.8, 4) is 5.75 Å². The van der Waals surface area contributed by atoms with Gasteiger partial charge in [0.25, 0.3) is 0 Å². The summed E-state index contributed by atoms with van der Waals surface area (Å²) < 4.78 is 5.13. The van der Waals surface area contributed by atoms with Gasteiger partial charge in [0.1, 0.15) is 11.3 Å². The van der Waals surface area contributed by atoms with E-state index < -0.39 is 6.09 Å². The first-order chi connectivity index (χ1) is 14.6. The average molecular weight is 427 g/mol. The Bertz CT molecular complexity index is 1060. The minimum Gasteiger partial charge on any atom is -0.497 e. The van der Waals surface area contributed by atoms with E-state index in [9.17, 15) is 4.79 Å². The number of nitrogens with zero attached hydrogens (tertiary/aromatic N) is 5. The summed E-state index contributed by atoms with van der Waals surface area (Å²) in [7, 11) is 1.60. The zero-order valence-electron chi connectivity index (χ0n) is 16.3. The molecule has 5 rings (SSSR count). The Morgan fingerprint density at radius 3 is 2.63 bits per heavy atom. The van der Waals surface area contributed by atoms with Crippen molar-refractivity contribution in [1.82, 2.24) is 20.0 Å². The maximum atomic E-state index is 12.4. The molecule has 1 amide bonds. The summed E-state index contributed by atoms with van der Waals surface area (Å²) in [6.45, 7) is 1.35. The van der Waals surface area contributed by atoms with E-state index in [0.717, 1.165) is 34.8 Å². The molecule has 0 unspecified atom stereocenters. The number of thiazole rings is 1. The van der Waals surface area contributed by atoms with Crippen LogP contribution in [0.5, 0.6) is 5.75 Å². The maximum absolute atomic E-state index is 12.4.